The van der Waals surface area contributed by atoms with E-state index in [-0.39, 0.29) is 18.8 Å². The van der Waals surface area contributed by atoms with E-state index in [1.54, 1.807) is 19.1 Å². The number of primary amides is 1. The third kappa shape index (κ3) is 2.01. The highest BCUT2D eigenvalue weighted by Crippen LogP contribution is 2.39. The molecule has 4 N–H and O–H groups in total. The second-order valence-electron chi connectivity index (χ2n) is 5.38. The van der Waals surface area contributed by atoms with Crippen LogP contribution < -0.4 is 15.8 Å². The Kier molecular flexibility index (Phi) is 2.94. The van der Waals surface area contributed by atoms with Crippen LogP contribution in [0.4, 0.5) is 10.6 Å². The van der Waals surface area contributed by atoms with E-state index in [1.807, 2.05) is 0 Å². The highest BCUT2D eigenvalue weighted by atomic mass is 16.5. The molecule has 2 aliphatic heterocycles. The van der Waals surface area contributed by atoms with Crippen molar-refractivity contribution >= 4 is 23.7 Å². The predicted molar refractivity (Wildman–Crippen MR) is 73.3 cm³/mol. The van der Waals surface area contributed by atoms with E-state index in [4.69, 9.17) is 10.5 Å². The number of nitrogens with two attached hydrogens (primary N) is 1. The van der Waals surface area contributed by atoms with Crippen molar-refractivity contribution in [1.82, 2.24) is 9.88 Å². The van der Waals surface area contributed by atoms with Crippen LogP contribution >= 0.6 is 0 Å². The molecule has 1 fully saturated rings. The fourth-order valence-corrected chi connectivity index (χ4v) is 2.76. The van der Waals surface area contributed by atoms with Gasteiger partial charge in [0.2, 0.25) is 11.5 Å². The molecule has 2 aliphatic rings. The number of ether oxygens (including phenoxy) is 1. The SMILES string of the molecule is Cc1ccc2c(n1)NC(=O)[C@]1(C[C@@H](C(N)=O)N(C(=O)O)C1)O2. The molecule has 0 aliphatic carbocycles. The number of nitrogens with one attached hydrogen (secondary N) is 1. The van der Waals surface area contributed by atoms with Crippen molar-refractivity contribution in [2.24, 2.45) is 5.73 Å². The first-order chi connectivity index (χ1) is 10.3. The first-order valence-electron chi connectivity index (χ1n) is 6.59. The molecule has 2 atom stereocenters. The van der Waals surface area contributed by atoms with E-state index in [2.05, 4.69) is 10.3 Å². The van der Waals surface area contributed by atoms with Crippen LogP contribution in [0.1, 0.15) is 12.1 Å². The van der Waals surface area contributed by atoms with Gasteiger partial charge in [0, 0.05) is 12.1 Å². The van der Waals surface area contributed by atoms with E-state index >= 15 is 0 Å². The average Bonchev–Trinajstić information content (AvgIpc) is 2.82. The van der Waals surface area contributed by atoms with Gasteiger partial charge in [-0.05, 0) is 19.1 Å². The van der Waals surface area contributed by atoms with E-state index in [0.29, 0.717) is 11.4 Å². The number of hydrogen-bond acceptors (Lipinski definition) is 5. The Balaban J connectivity index is 1.97. The van der Waals surface area contributed by atoms with E-state index in [0.717, 1.165) is 4.90 Å². The van der Waals surface area contributed by atoms with Crippen molar-refractivity contribution in [2.75, 3.05) is 11.9 Å². The molecule has 0 saturated carbocycles. The Morgan fingerprint density at radius 3 is 2.86 bits per heavy atom. The number of carboxylic acid groups (broad SMARTS) is 1. The molecule has 22 heavy (non-hydrogen) atoms. The predicted octanol–water partition coefficient (Wildman–Crippen LogP) is -0.303. The monoisotopic (exact) mass is 306 g/mol. The lowest BCUT2D eigenvalue weighted by Gasteiger charge is -2.33. The summed E-state index contributed by atoms with van der Waals surface area (Å²) in [6, 6.07) is 2.24. The van der Waals surface area contributed by atoms with Gasteiger partial charge in [-0.2, -0.15) is 0 Å². The average molecular weight is 306 g/mol. The Labute approximate surface area is 125 Å². The van der Waals surface area contributed by atoms with Gasteiger partial charge in [-0.15, -0.1) is 0 Å². The number of nitrogens with zero attached hydrogens (tertiary/aromatic N) is 2. The first-order valence-corrected chi connectivity index (χ1v) is 6.59. The second-order valence-corrected chi connectivity index (χ2v) is 5.38. The molecule has 9 nitrogen and oxygen atoms in total. The summed E-state index contributed by atoms with van der Waals surface area (Å²) in [6.07, 6.45) is -1.46. The minimum atomic E-state index is -1.47. The van der Waals surface area contributed by atoms with Crippen molar-refractivity contribution in [3.8, 4) is 5.75 Å². The van der Waals surface area contributed by atoms with Gasteiger partial charge in [0.1, 0.15) is 6.04 Å². The fourth-order valence-electron chi connectivity index (χ4n) is 2.76. The molecular formula is C13H14N4O5. The maximum Gasteiger partial charge on any atom is 0.408 e. The first kappa shape index (κ1) is 14.1. The Morgan fingerprint density at radius 1 is 1.55 bits per heavy atom. The van der Waals surface area contributed by atoms with Gasteiger partial charge in [0.25, 0.3) is 5.91 Å². The minimum Gasteiger partial charge on any atom is -0.472 e. The van der Waals surface area contributed by atoms with Crippen LogP contribution in [0.5, 0.6) is 5.75 Å². The zero-order valence-corrected chi connectivity index (χ0v) is 11.7. The standard InChI is InChI=1S/C13H14N4O5/c1-6-2-3-8-10(15-6)16-11(19)13(22-8)4-7(9(14)18)17(5-13)12(20)21/h2-3,7H,4-5H2,1H3,(H2,14,18)(H,20,21)(H,15,16,19)/t7-,13+/m0/s1. The van der Waals surface area contributed by atoms with Gasteiger partial charge in [0.15, 0.2) is 11.6 Å². The van der Waals surface area contributed by atoms with Crippen molar-refractivity contribution in [2.45, 2.75) is 25.0 Å². The topological polar surface area (TPSA) is 135 Å². The molecule has 0 aromatic carbocycles. The molecule has 1 saturated heterocycles. The van der Waals surface area contributed by atoms with Crippen molar-refractivity contribution in [3.63, 3.8) is 0 Å². The maximum atomic E-state index is 12.4. The molecule has 3 amide bonds. The number of aromatic nitrogens is 1. The second kappa shape index (κ2) is 4.58. The molecule has 1 aromatic rings. The Bertz CT molecular complexity index is 667. The van der Waals surface area contributed by atoms with Crippen LogP contribution in [0.25, 0.3) is 0 Å². The largest absolute Gasteiger partial charge is 0.472 e. The van der Waals surface area contributed by atoms with Gasteiger partial charge in [-0.1, -0.05) is 0 Å². The molecule has 116 valence electrons. The summed E-state index contributed by atoms with van der Waals surface area (Å²) >= 11 is 0. The van der Waals surface area contributed by atoms with Gasteiger partial charge >= 0.3 is 6.09 Å². The van der Waals surface area contributed by atoms with Crippen molar-refractivity contribution in [1.29, 1.82) is 0 Å². The summed E-state index contributed by atoms with van der Waals surface area (Å²) in [5.41, 5.74) is 4.46. The number of hydrogen-bond donors (Lipinski definition) is 3. The lowest BCUT2D eigenvalue weighted by atomic mass is 9.97. The molecule has 0 radical (unpaired) electrons. The van der Waals surface area contributed by atoms with Gasteiger partial charge < -0.3 is 20.9 Å². The van der Waals surface area contributed by atoms with Crippen LogP contribution in [0.3, 0.4) is 0 Å². The number of carbonyl (C=O) groups excluding carboxylic acids is 2. The van der Waals surface area contributed by atoms with Crippen LogP contribution in [0.15, 0.2) is 12.1 Å². The number of fused-ring (bicyclic) bond motifs is 1. The minimum absolute atomic E-state index is 0.131. The van der Waals surface area contributed by atoms with Gasteiger partial charge in [0.05, 0.1) is 6.54 Å². The lowest BCUT2D eigenvalue weighted by molar-refractivity contribution is -0.131. The summed E-state index contributed by atoms with van der Waals surface area (Å²) < 4.78 is 5.72. The molecule has 3 heterocycles. The number of pyridine rings is 1. The summed E-state index contributed by atoms with van der Waals surface area (Å²) in [5, 5.41) is 11.8. The fraction of sp³-hybridized carbons (Fsp3) is 0.385. The zero-order chi connectivity index (χ0) is 16.1. The van der Waals surface area contributed by atoms with E-state index < -0.39 is 29.6 Å². The van der Waals surface area contributed by atoms with Gasteiger partial charge in [-0.3, -0.25) is 14.5 Å². The maximum absolute atomic E-state index is 12.4. The van der Waals surface area contributed by atoms with E-state index in [9.17, 15) is 19.5 Å². The lowest BCUT2D eigenvalue weighted by Crippen LogP contribution is -2.53. The molecule has 0 bridgehead atoms. The van der Waals surface area contributed by atoms with Crippen LogP contribution in [0, 0.1) is 6.92 Å². The number of aryl methyl sites for hydroxylation is 1. The zero-order valence-electron chi connectivity index (χ0n) is 11.7. The van der Waals surface area contributed by atoms with Crippen molar-refractivity contribution in [3.05, 3.63) is 17.8 Å². The van der Waals surface area contributed by atoms with Crippen LogP contribution in [-0.4, -0.2) is 51.1 Å². The van der Waals surface area contributed by atoms with E-state index in [1.165, 1.54) is 0 Å². The summed E-state index contributed by atoms with van der Waals surface area (Å²) in [4.78, 5) is 40.1. The molecule has 3 rings (SSSR count). The van der Waals surface area contributed by atoms with Crippen LogP contribution in [-0.2, 0) is 9.59 Å². The summed E-state index contributed by atoms with van der Waals surface area (Å²) in [6.45, 7) is 1.50. The number of amides is 3. The Hall–Kier alpha value is -2.84. The molecule has 1 aromatic heterocycles. The normalized spacial score (nSPS) is 26.3. The third-order valence-corrected chi connectivity index (χ3v) is 3.85. The van der Waals surface area contributed by atoms with Gasteiger partial charge in [-0.25, -0.2) is 9.78 Å². The molecular weight excluding hydrogens is 292 g/mol. The quantitative estimate of drug-likeness (QED) is 0.651. The third-order valence-electron chi connectivity index (χ3n) is 3.85. The summed E-state index contributed by atoms with van der Waals surface area (Å²) in [7, 11) is 0. The molecule has 0 unspecified atom stereocenters. The highest BCUT2D eigenvalue weighted by molar-refractivity contribution is 6.02. The van der Waals surface area contributed by atoms with Crippen LogP contribution in [0.2, 0.25) is 0 Å². The number of anilines is 1. The number of rotatable bonds is 1. The Morgan fingerprint density at radius 2 is 2.27 bits per heavy atom. The number of likely N-dealkylation sites (tertiary alicyclic amines) is 1. The number of carbonyl (C=O) groups is 3. The molecule has 9 heteroatoms. The smallest absolute Gasteiger partial charge is 0.408 e. The summed E-state index contributed by atoms with van der Waals surface area (Å²) in [5.74, 6) is -0.739. The molecule has 1 spiro atoms. The highest BCUT2D eigenvalue weighted by Gasteiger charge is 2.57. The van der Waals surface area contributed by atoms with Crippen molar-refractivity contribution < 1.29 is 24.2 Å².